The number of anilines is 5. The van der Waals surface area contributed by atoms with E-state index in [9.17, 15) is 57.3 Å². The Kier molecular flexibility index (Phi) is 24.2. The van der Waals surface area contributed by atoms with E-state index in [1.807, 2.05) is 72.1 Å². The van der Waals surface area contributed by atoms with Crippen molar-refractivity contribution >= 4 is 79.7 Å². The molecule has 30 nitrogen and oxygen atoms in total. The van der Waals surface area contributed by atoms with Crippen molar-refractivity contribution in [3.63, 3.8) is 0 Å². The number of pyridine rings is 6. The van der Waals surface area contributed by atoms with Crippen molar-refractivity contribution in [2.24, 2.45) is 0 Å². The third kappa shape index (κ3) is 15.4. The number of likely N-dealkylation sites (N-methyl/N-ethyl adjacent to an activating group) is 1. The van der Waals surface area contributed by atoms with Crippen molar-refractivity contribution in [2.75, 3.05) is 90.9 Å². The number of benzene rings is 3. The van der Waals surface area contributed by atoms with Crippen LogP contribution in [0.4, 0.5) is 68.3 Å². The number of rotatable bonds is 12. The van der Waals surface area contributed by atoms with Gasteiger partial charge in [-0.1, -0.05) is 61.3 Å². The average molecular weight is 1830 g/mol. The Morgan fingerprint density at radius 3 is 1.17 bits per heavy atom. The van der Waals surface area contributed by atoms with Crippen LogP contribution in [0.2, 0.25) is 0 Å². The van der Waals surface area contributed by atoms with Gasteiger partial charge in [0, 0.05) is 96.1 Å². The van der Waals surface area contributed by atoms with E-state index in [-0.39, 0.29) is 155 Å². The van der Waals surface area contributed by atoms with Crippen LogP contribution in [0, 0.1) is 73.1 Å². The number of aryl methyl sites for hydroxylation is 3. The standard InChI is InChI=1S/C32H32F3N7O3.C31H30F3N7O3.C31H29F3N6O4/c1-7-21(44)40-12-17(5)41-18(14-40)13-39(6)29-23-30(37-27(25(29)35)22-20(43)9-8-19(33)24(22)34)42(32(45)38-31(23)41)28-16(4)10-11-36-26(28)15(2)3;1-6-20(43)39-12-16(5)40-17(13-39)11-36-26-22-29(37-27(24(26)34)21-19(42)8-7-18(32)23(21)33)41(31(44)38-30(22)40)28-15(4)9-10-35-25(28)14(2)3;1-6-20(42)38-11-16(5)39-17(12-38)13-44-28-22-29(36-26(24(28)34)21-19(41)8-7-18(32)23(21)33)40(31(43)37-30(22)39)27-15(4)9-10-35-25(27)14(2)3/h7-11,15,17-18,43H,1,12-14H2,2-6H3;6-10,14,16-17,36,42H,1,11-13H2,2-5H3;6-10,14,16-17,41H,1,11-13H2,2-5H3. The number of piperazine rings is 3. The second-order valence-electron chi connectivity index (χ2n) is 34.6. The number of phenolic OH excluding ortho intramolecular Hbond substituents is 3. The maximum Gasteiger partial charge on any atom is 0.355 e. The molecule has 12 aromatic rings. The van der Waals surface area contributed by atoms with E-state index in [0.717, 1.165) is 30.3 Å². The molecule has 0 spiro atoms. The van der Waals surface area contributed by atoms with Gasteiger partial charge in [0.25, 0.3) is 0 Å². The maximum absolute atomic E-state index is 16.9. The quantitative estimate of drug-likeness (QED) is 0.0652. The molecule has 3 saturated heterocycles. The van der Waals surface area contributed by atoms with Crippen LogP contribution >= 0.6 is 0 Å². The average Bonchev–Trinajstić information content (AvgIpc) is 1.71. The van der Waals surface area contributed by atoms with Crippen molar-refractivity contribution in [1.82, 2.24) is 73.3 Å². The summed E-state index contributed by atoms with van der Waals surface area (Å²) in [7, 11) is 1.62. The Morgan fingerprint density at radius 2 is 0.767 bits per heavy atom. The minimum absolute atomic E-state index is 0.0259. The van der Waals surface area contributed by atoms with Crippen molar-refractivity contribution in [3.8, 4) is 73.8 Å². The van der Waals surface area contributed by atoms with Crippen LogP contribution in [0.25, 0.3) is 83.9 Å². The molecule has 18 rings (SSSR count). The van der Waals surface area contributed by atoms with Crippen LogP contribution in [0.5, 0.6) is 23.0 Å². The Labute approximate surface area is 754 Å². The number of ether oxygens (including phenoxy) is 1. The summed E-state index contributed by atoms with van der Waals surface area (Å²) in [5.74, 6) is -15.3. The summed E-state index contributed by atoms with van der Waals surface area (Å²) >= 11 is 0. The van der Waals surface area contributed by atoms with E-state index in [1.165, 1.54) is 31.9 Å². The molecule has 0 saturated carbocycles. The molecular weight excluding hydrogens is 1740 g/mol. The highest BCUT2D eigenvalue weighted by Gasteiger charge is 2.46. The van der Waals surface area contributed by atoms with E-state index < -0.39 is 150 Å². The van der Waals surface area contributed by atoms with Gasteiger partial charge < -0.3 is 59.7 Å². The van der Waals surface area contributed by atoms with Crippen LogP contribution in [0.3, 0.4) is 0 Å². The van der Waals surface area contributed by atoms with Crippen LogP contribution < -0.4 is 46.7 Å². The first-order valence-electron chi connectivity index (χ1n) is 42.8. The number of carbonyl (C=O) groups is 3. The monoisotopic (exact) mass is 1830 g/mol. The molecular formula is C94H91F9N20O10. The number of amides is 3. The fourth-order valence-corrected chi connectivity index (χ4v) is 18.9. The summed E-state index contributed by atoms with van der Waals surface area (Å²) in [5.41, 5.74) is -2.62. The molecule has 0 radical (unpaired) electrons. The van der Waals surface area contributed by atoms with Crippen LogP contribution in [-0.2, 0) is 14.4 Å². The molecule has 15 heterocycles. The molecule has 133 heavy (non-hydrogen) atoms. The third-order valence-corrected chi connectivity index (χ3v) is 24.8. The normalized spacial score (nSPS) is 17.9. The van der Waals surface area contributed by atoms with Gasteiger partial charge in [-0.05, 0) is 149 Å². The summed E-state index contributed by atoms with van der Waals surface area (Å²) < 4.78 is 149. The van der Waals surface area contributed by atoms with Gasteiger partial charge in [0.15, 0.2) is 75.0 Å². The van der Waals surface area contributed by atoms with Crippen molar-refractivity contribution in [1.29, 1.82) is 0 Å². The highest BCUT2D eigenvalue weighted by molar-refractivity contribution is 6.05. The van der Waals surface area contributed by atoms with Crippen LogP contribution in [-0.4, -0.2) is 209 Å². The minimum atomic E-state index is -1.52. The Hall–Kier alpha value is -14.8. The third-order valence-electron chi connectivity index (χ3n) is 24.8. The lowest BCUT2D eigenvalue weighted by atomic mass is 10.0. The lowest BCUT2D eigenvalue weighted by Gasteiger charge is -2.46. The molecule has 3 aromatic carbocycles. The van der Waals surface area contributed by atoms with E-state index in [4.69, 9.17) is 4.74 Å². The van der Waals surface area contributed by atoms with Crippen LogP contribution in [0.1, 0.15) is 114 Å². The van der Waals surface area contributed by atoms with Gasteiger partial charge in [0.2, 0.25) is 17.7 Å². The largest absolute Gasteiger partial charge is 0.507 e. The molecule has 9 aromatic heterocycles. The zero-order valence-corrected chi connectivity index (χ0v) is 74.4. The lowest BCUT2D eigenvalue weighted by Crippen LogP contribution is -2.61. The fraction of sp³-hybridized carbons (Fsp3) is 0.330. The lowest BCUT2D eigenvalue weighted by molar-refractivity contribution is -0.128. The molecule has 6 aliphatic rings. The highest BCUT2D eigenvalue weighted by atomic mass is 19.2. The molecule has 3 amide bonds. The summed E-state index contributed by atoms with van der Waals surface area (Å²) in [4.78, 5) is 132. The number of aromatic hydroxyl groups is 3. The van der Waals surface area contributed by atoms with Crippen molar-refractivity contribution in [2.45, 2.75) is 137 Å². The summed E-state index contributed by atoms with van der Waals surface area (Å²) in [6.07, 6.45) is 8.47. The number of halogens is 9. The number of carbonyl (C=O) groups excluding carboxylic acids is 3. The number of nitrogens with zero attached hydrogens (tertiary/aromatic N) is 19. The summed E-state index contributed by atoms with van der Waals surface area (Å²) in [5, 5.41) is 35.2. The van der Waals surface area contributed by atoms with E-state index in [2.05, 4.69) is 69.9 Å². The number of nitrogens with one attached hydrogen (secondary N) is 1. The van der Waals surface area contributed by atoms with Gasteiger partial charge in [-0.2, -0.15) is 15.0 Å². The Morgan fingerprint density at radius 1 is 0.429 bits per heavy atom. The van der Waals surface area contributed by atoms with E-state index >= 15 is 26.3 Å². The second-order valence-corrected chi connectivity index (χ2v) is 34.6. The summed E-state index contributed by atoms with van der Waals surface area (Å²) in [6.45, 7) is 34.6. The van der Waals surface area contributed by atoms with Crippen molar-refractivity contribution in [3.05, 3.63) is 229 Å². The molecule has 4 N–H and O–H groups in total. The first-order chi connectivity index (χ1) is 63.2. The van der Waals surface area contributed by atoms with Gasteiger partial charge >= 0.3 is 17.1 Å². The minimum Gasteiger partial charge on any atom is -0.507 e. The molecule has 3 fully saturated rings. The van der Waals surface area contributed by atoms with Crippen molar-refractivity contribution < 1.29 is 74.0 Å². The number of phenols is 3. The topological polar surface area (TPSA) is 338 Å². The van der Waals surface area contributed by atoms with Gasteiger partial charge in [-0.25, -0.2) is 82.6 Å². The van der Waals surface area contributed by atoms with Crippen LogP contribution in [0.15, 0.2) is 126 Å². The van der Waals surface area contributed by atoms with Gasteiger partial charge in [-0.3, -0.25) is 29.3 Å². The summed E-state index contributed by atoms with van der Waals surface area (Å²) in [6, 6.07) is 7.46. The van der Waals surface area contributed by atoms with Gasteiger partial charge in [0.05, 0.1) is 91.1 Å². The highest BCUT2D eigenvalue weighted by Crippen LogP contribution is 2.50. The molecule has 0 bridgehead atoms. The second kappa shape index (κ2) is 35.1. The first-order valence-corrected chi connectivity index (χ1v) is 42.8. The van der Waals surface area contributed by atoms with E-state index in [0.29, 0.717) is 70.0 Å². The smallest absolute Gasteiger partial charge is 0.355 e. The SMILES string of the molecule is C=CC(=O)N1CC(C)N2c3nc(=O)n(-c4c(C)ccnc4C(C)C)c4nc(-c5c(O)ccc(F)c5F)c(F)c(c34)N(C)CC2C1.C=CC(=O)N1CC(C)N2c3nc(=O)n(-c4c(C)ccnc4C(C)C)c4nc(-c5c(O)ccc(F)c5F)c(F)c(c34)NCC2C1.C=CC(=O)N1CC(C)N2c3nc(=O)n(-c4c(C)ccnc4C(C)C)c4nc(-c5c(O)ccc(F)c5F)c(F)c(c34)OCC2C1. The molecule has 39 heteroatoms. The number of hydrogen-bond donors (Lipinski definition) is 4. The number of fused-ring (bicyclic) bond motifs is 6. The molecule has 690 valence electrons. The maximum atomic E-state index is 16.9. The van der Waals surface area contributed by atoms with Gasteiger partial charge in [-0.15, -0.1) is 0 Å². The van der Waals surface area contributed by atoms with E-state index in [1.54, 1.807) is 89.1 Å². The Bertz CT molecular complexity index is 6860. The number of aromatic nitrogens is 12. The predicted molar refractivity (Wildman–Crippen MR) is 481 cm³/mol. The molecule has 6 aliphatic heterocycles. The fourth-order valence-electron chi connectivity index (χ4n) is 18.9. The zero-order valence-electron chi connectivity index (χ0n) is 74.4. The molecule has 0 aliphatic carbocycles. The first kappa shape index (κ1) is 91.5. The van der Waals surface area contributed by atoms with Gasteiger partial charge in [0.1, 0.15) is 63.8 Å². The Balaban J connectivity index is 0.000000145. The molecule has 6 unspecified atom stereocenters. The predicted octanol–water partition coefficient (Wildman–Crippen LogP) is 13.2. The zero-order chi connectivity index (χ0) is 95.7. The molecule has 6 atom stereocenters. The number of hydrogen-bond acceptors (Lipinski definition) is 24.